The molecule has 0 amide bonds. The minimum Gasteiger partial charge on any atom is -0.495 e. The van der Waals surface area contributed by atoms with Crippen LogP contribution in [0.2, 0.25) is 0 Å². The molecule has 0 aliphatic heterocycles. The van der Waals surface area contributed by atoms with Crippen LogP contribution in [0.25, 0.3) is 0 Å². The second kappa shape index (κ2) is 8.05. The van der Waals surface area contributed by atoms with Crippen LogP contribution in [-0.4, -0.2) is 27.2 Å². The van der Waals surface area contributed by atoms with E-state index < -0.39 is 0 Å². The predicted molar refractivity (Wildman–Crippen MR) is 83.3 cm³/mol. The maximum Gasteiger partial charge on any atom is 0.142 e. The van der Waals surface area contributed by atoms with E-state index >= 15 is 0 Å². The van der Waals surface area contributed by atoms with Gasteiger partial charge in [0.05, 0.1) is 12.8 Å². The quantitative estimate of drug-likeness (QED) is 0.754. The van der Waals surface area contributed by atoms with E-state index in [2.05, 4.69) is 49.6 Å². The number of hydrogen-bond acceptors (Lipinski definition) is 3. The topological polar surface area (TPSA) is 33.3 Å². The van der Waals surface area contributed by atoms with Crippen molar-refractivity contribution in [3.8, 4) is 5.75 Å². The van der Waals surface area contributed by atoms with E-state index in [1.807, 2.05) is 7.05 Å². The molecule has 0 spiro atoms. The Morgan fingerprint density at radius 1 is 1.21 bits per heavy atom. The lowest BCUT2D eigenvalue weighted by atomic mass is 10.0. The minimum atomic E-state index is 0.524. The summed E-state index contributed by atoms with van der Waals surface area (Å²) in [5.74, 6) is 2.10. The maximum atomic E-state index is 5.48. The van der Waals surface area contributed by atoms with Gasteiger partial charge in [-0.1, -0.05) is 33.3 Å². The van der Waals surface area contributed by atoms with Crippen LogP contribution in [0.4, 0.5) is 5.69 Å². The van der Waals surface area contributed by atoms with Gasteiger partial charge in [-0.25, -0.2) is 0 Å². The van der Waals surface area contributed by atoms with Gasteiger partial charge in [-0.2, -0.15) is 0 Å². The molecule has 0 radical (unpaired) electrons. The second-order valence-electron chi connectivity index (χ2n) is 5.33. The van der Waals surface area contributed by atoms with Crippen LogP contribution in [0.15, 0.2) is 18.2 Å². The summed E-state index contributed by atoms with van der Waals surface area (Å²) in [6, 6.07) is 6.43. The van der Waals surface area contributed by atoms with Crippen molar-refractivity contribution in [2.24, 2.45) is 5.92 Å². The van der Waals surface area contributed by atoms with Crippen molar-refractivity contribution in [3.63, 3.8) is 0 Å². The summed E-state index contributed by atoms with van der Waals surface area (Å²) in [5, 5.41) is 6.74. The van der Waals surface area contributed by atoms with Gasteiger partial charge in [-0.15, -0.1) is 0 Å². The average molecular weight is 264 g/mol. The van der Waals surface area contributed by atoms with Gasteiger partial charge in [0.15, 0.2) is 0 Å². The van der Waals surface area contributed by atoms with E-state index in [4.69, 9.17) is 4.74 Å². The number of anilines is 1. The molecule has 3 heteroatoms. The first-order chi connectivity index (χ1) is 9.12. The minimum absolute atomic E-state index is 0.524. The zero-order valence-corrected chi connectivity index (χ0v) is 12.9. The Bertz CT molecular complexity index is 377. The summed E-state index contributed by atoms with van der Waals surface area (Å²) in [6.45, 7) is 8.62. The van der Waals surface area contributed by atoms with Crippen LogP contribution in [0, 0.1) is 5.92 Å². The van der Waals surface area contributed by atoms with Crippen LogP contribution >= 0.6 is 0 Å². The van der Waals surface area contributed by atoms with Gasteiger partial charge in [0.2, 0.25) is 0 Å². The van der Waals surface area contributed by atoms with Crippen molar-refractivity contribution in [1.82, 2.24) is 5.32 Å². The van der Waals surface area contributed by atoms with Crippen LogP contribution in [0.5, 0.6) is 5.75 Å². The van der Waals surface area contributed by atoms with Gasteiger partial charge < -0.3 is 15.4 Å². The Morgan fingerprint density at radius 3 is 2.47 bits per heavy atom. The Hall–Kier alpha value is -1.22. The molecule has 0 saturated carbocycles. The highest BCUT2D eigenvalue weighted by molar-refractivity contribution is 5.58. The summed E-state index contributed by atoms with van der Waals surface area (Å²) in [5.41, 5.74) is 2.39. The van der Waals surface area contributed by atoms with Gasteiger partial charge in [0.25, 0.3) is 0 Å². The fraction of sp³-hybridized carbons (Fsp3) is 0.625. The van der Waals surface area contributed by atoms with E-state index in [0.717, 1.165) is 24.5 Å². The van der Waals surface area contributed by atoms with E-state index in [-0.39, 0.29) is 0 Å². The summed E-state index contributed by atoms with van der Waals surface area (Å²) >= 11 is 0. The number of benzene rings is 1. The highest BCUT2D eigenvalue weighted by atomic mass is 16.5. The average Bonchev–Trinajstić information content (AvgIpc) is 2.43. The molecule has 0 aliphatic rings. The Balaban J connectivity index is 2.72. The first-order valence-electron chi connectivity index (χ1n) is 7.18. The number of hydrogen-bond donors (Lipinski definition) is 2. The van der Waals surface area contributed by atoms with Crippen molar-refractivity contribution in [2.45, 2.75) is 33.1 Å². The van der Waals surface area contributed by atoms with Gasteiger partial charge >= 0.3 is 0 Å². The molecule has 0 heterocycles. The largest absolute Gasteiger partial charge is 0.495 e. The molecule has 0 saturated heterocycles. The third kappa shape index (κ3) is 4.75. The van der Waals surface area contributed by atoms with Gasteiger partial charge in [-0.05, 0) is 43.1 Å². The lowest BCUT2D eigenvalue weighted by Crippen LogP contribution is -2.24. The summed E-state index contributed by atoms with van der Waals surface area (Å²) in [7, 11) is 3.73. The lowest BCUT2D eigenvalue weighted by molar-refractivity contribution is 0.415. The summed E-state index contributed by atoms with van der Waals surface area (Å²) in [4.78, 5) is 0. The standard InChI is InChI=1S/C16H28N2O/c1-6-13(10-17-4)11-18-15-8-7-14(12(2)3)9-16(15)19-5/h7-9,12-13,17-18H,6,10-11H2,1-5H3. The zero-order chi connectivity index (χ0) is 14.3. The molecular formula is C16H28N2O. The van der Waals surface area contributed by atoms with Crippen LogP contribution < -0.4 is 15.4 Å². The molecule has 1 atom stereocenters. The molecule has 1 aromatic rings. The number of ether oxygens (including phenoxy) is 1. The fourth-order valence-electron chi connectivity index (χ4n) is 2.12. The van der Waals surface area contributed by atoms with Crippen molar-refractivity contribution in [3.05, 3.63) is 23.8 Å². The first kappa shape index (κ1) is 15.8. The van der Waals surface area contributed by atoms with E-state index in [1.54, 1.807) is 7.11 Å². The Morgan fingerprint density at radius 2 is 1.95 bits per heavy atom. The monoisotopic (exact) mass is 264 g/mol. The molecule has 1 aromatic carbocycles. The molecule has 0 fully saturated rings. The van der Waals surface area contributed by atoms with E-state index in [9.17, 15) is 0 Å². The number of nitrogens with one attached hydrogen (secondary N) is 2. The SMILES string of the molecule is CCC(CNC)CNc1ccc(C(C)C)cc1OC. The lowest BCUT2D eigenvalue weighted by Gasteiger charge is -2.18. The molecule has 2 N–H and O–H groups in total. The fourth-order valence-corrected chi connectivity index (χ4v) is 2.12. The molecule has 3 nitrogen and oxygen atoms in total. The summed E-state index contributed by atoms with van der Waals surface area (Å²) in [6.07, 6.45) is 1.17. The highest BCUT2D eigenvalue weighted by Gasteiger charge is 2.09. The molecule has 108 valence electrons. The molecule has 0 aromatic heterocycles. The molecule has 0 bridgehead atoms. The van der Waals surface area contributed by atoms with Crippen molar-refractivity contribution in [1.29, 1.82) is 0 Å². The number of rotatable bonds is 8. The molecule has 1 rings (SSSR count). The normalized spacial score (nSPS) is 12.5. The highest BCUT2D eigenvalue weighted by Crippen LogP contribution is 2.28. The van der Waals surface area contributed by atoms with Gasteiger partial charge in [0, 0.05) is 6.54 Å². The smallest absolute Gasteiger partial charge is 0.142 e. The maximum absolute atomic E-state index is 5.48. The first-order valence-corrected chi connectivity index (χ1v) is 7.18. The molecule has 19 heavy (non-hydrogen) atoms. The molecule has 0 aliphatic carbocycles. The predicted octanol–water partition coefficient (Wildman–Crippen LogP) is 3.48. The second-order valence-corrected chi connectivity index (χ2v) is 5.33. The Labute approximate surface area is 117 Å². The zero-order valence-electron chi connectivity index (χ0n) is 12.9. The number of methoxy groups -OCH3 is 1. The third-order valence-corrected chi connectivity index (χ3v) is 3.54. The van der Waals surface area contributed by atoms with Crippen LogP contribution in [0.3, 0.4) is 0 Å². The Kier molecular flexibility index (Phi) is 6.71. The van der Waals surface area contributed by atoms with Crippen LogP contribution in [-0.2, 0) is 0 Å². The van der Waals surface area contributed by atoms with Gasteiger partial charge in [-0.3, -0.25) is 0 Å². The van der Waals surface area contributed by atoms with Crippen molar-refractivity contribution < 1.29 is 4.74 Å². The molecule has 1 unspecified atom stereocenters. The van der Waals surface area contributed by atoms with Crippen molar-refractivity contribution >= 4 is 5.69 Å². The van der Waals surface area contributed by atoms with Crippen molar-refractivity contribution in [2.75, 3.05) is 32.6 Å². The molecular weight excluding hydrogens is 236 g/mol. The van der Waals surface area contributed by atoms with E-state index in [1.165, 1.54) is 12.0 Å². The summed E-state index contributed by atoms with van der Waals surface area (Å²) < 4.78 is 5.48. The third-order valence-electron chi connectivity index (χ3n) is 3.54. The van der Waals surface area contributed by atoms with Gasteiger partial charge in [0.1, 0.15) is 5.75 Å². The van der Waals surface area contributed by atoms with E-state index in [0.29, 0.717) is 11.8 Å². The van der Waals surface area contributed by atoms with Crippen LogP contribution in [0.1, 0.15) is 38.7 Å².